The first-order valence-corrected chi connectivity index (χ1v) is 13.2. The fourth-order valence-corrected chi connectivity index (χ4v) is 5.43. The molecule has 5 rings (SSSR count). The van der Waals surface area contributed by atoms with Gasteiger partial charge in [-0.15, -0.1) is 24.8 Å². The molecule has 2 aliphatic heterocycles. The van der Waals surface area contributed by atoms with Crippen LogP contribution in [0.5, 0.6) is 5.75 Å². The van der Waals surface area contributed by atoms with Gasteiger partial charge in [0.2, 0.25) is 0 Å². The number of fused-ring (bicyclic) bond motifs is 3. The Morgan fingerprint density at radius 1 is 1.05 bits per heavy atom. The summed E-state index contributed by atoms with van der Waals surface area (Å²) in [6.45, 7) is 9.91. The molecule has 12 heteroatoms. The van der Waals surface area contributed by atoms with Gasteiger partial charge in [-0.05, 0) is 58.4 Å². The predicted molar refractivity (Wildman–Crippen MR) is 160 cm³/mol. The normalized spacial score (nSPS) is 18.6. The highest BCUT2D eigenvalue weighted by atomic mass is 35.5. The molecule has 2 aliphatic rings. The molecule has 224 valence electrons. The van der Waals surface area contributed by atoms with E-state index >= 15 is 0 Å². The number of urea groups is 1. The van der Waals surface area contributed by atoms with Crippen LogP contribution in [0.1, 0.15) is 38.4 Å². The first-order chi connectivity index (χ1) is 18.4. The van der Waals surface area contributed by atoms with E-state index < -0.39 is 11.7 Å². The largest absolute Gasteiger partial charge is 0.492 e. The van der Waals surface area contributed by atoms with Crippen molar-refractivity contribution in [2.75, 3.05) is 31.6 Å². The van der Waals surface area contributed by atoms with Crippen molar-refractivity contribution in [2.45, 2.75) is 57.9 Å². The zero-order chi connectivity index (χ0) is 27.9. The summed E-state index contributed by atoms with van der Waals surface area (Å²) < 4.78 is 47.1. The number of nitrogens with zero attached hydrogens (tertiary/aromatic N) is 3. The lowest BCUT2D eigenvalue weighted by Gasteiger charge is -2.35. The number of anilines is 2. The molecular weight excluding hydrogens is 578 g/mol. The number of halogens is 5. The summed E-state index contributed by atoms with van der Waals surface area (Å²) in [7, 11) is 0. The van der Waals surface area contributed by atoms with E-state index in [1.54, 1.807) is 6.07 Å². The van der Waals surface area contributed by atoms with Crippen molar-refractivity contribution in [3.05, 3.63) is 59.8 Å². The van der Waals surface area contributed by atoms with Crippen LogP contribution in [0.2, 0.25) is 0 Å². The van der Waals surface area contributed by atoms with E-state index in [1.807, 2.05) is 62.9 Å². The molecule has 0 aliphatic carbocycles. The number of carbonyl (C=O) groups is 1. The standard InChI is InChI=1S/C29H34F3N5O2.2ClH/c1-18-11-26(24-7-5-6-8-25(24)33-18)34-20-12-19(29(30,31)32)13-23(14-20)39-10-9-36-16-22-15-21(36)17-37(22)27(38)35-28(2,3)4;;/h5-8,11-14,21-22H,9-10,15-17H2,1-4H3,(H,33,34)(H,35,38);2*1H. The number of aromatic nitrogens is 1. The third kappa shape index (κ3) is 7.67. The molecule has 7 nitrogen and oxygen atoms in total. The van der Waals surface area contributed by atoms with E-state index in [0.717, 1.165) is 41.7 Å². The zero-order valence-corrected chi connectivity index (χ0v) is 25.1. The zero-order valence-electron chi connectivity index (χ0n) is 23.4. The molecule has 3 aromatic rings. The second kappa shape index (κ2) is 12.5. The summed E-state index contributed by atoms with van der Waals surface area (Å²) >= 11 is 0. The van der Waals surface area contributed by atoms with E-state index in [9.17, 15) is 18.0 Å². The quantitative estimate of drug-likeness (QED) is 0.320. The van der Waals surface area contributed by atoms with Crippen LogP contribution in [-0.4, -0.2) is 64.7 Å². The molecule has 2 unspecified atom stereocenters. The number of alkyl halides is 3. The minimum atomic E-state index is -4.52. The first-order valence-electron chi connectivity index (χ1n) is 13.2. The minimum absolute atomic E-state index is 0. The number of carbonyl (C=O) groups excluding carboxylic acids is 1. The number of amides is 2. The fourth-order valence-electron chi connectivity index (χ4n) is 5.43. The number of hydrogen-bond acceptors (Lipinski definition) is 5. The number of aryl methyl sites for hydroxylation is 1. The van der Waals surface area contributed by atoms with Gasteiger partial charge in [-0.2, -0.15) is 13.2 Å². The van der Waals surface area contributed by atoms with Crippen LogP contribution in [0.25, 0.3) is 10.9 Å². The molecule has 2 amide bonds. The summed E-state index contributed by atoms with van der Waals surface area (Å²) in [6.07, 6.45) is -3.62. The molecule has 2 aromatic carbocycles. The van der Waals surface area contributed by atoms with Crippen molar-refractivity contribution in [1.82, 2.24) is 20.1 Å². The monoisotopic (exact) mass is 613 g/mol. The SMILES string of the molecule is Cc1cc(Nc2cc(OCCN3CC4CC3CN4C(=O)NC(C)(C)C)cc(C(F)(F)F)c2)c2ccccc2n1.Cl.Cl. The fraction of sp³-hybridized carbons (Fsp3) is 0.448. The highest BCUT2D eigenvalue weighted by molar-refractivity contribution is 5.93. The summed E-state index contributed by atoms with van der Waals surface area (Å²) in [5.41, 5.74) is 1.41. The average Bonchev–Trinajstić information content (AvgIpc) is 3.43. The predicted octanol–water partition coefficient (Wildman–Crippen LogP) is 6.79. The van der Waals surface area contributed by atoms with Crippen molar-refractivity contribution in [2.24, 2.45) is 0 Å². The maximum absolute atomic E-state index is 13.7. The lowest BCUT2D eigenvalue weighted by atomic mass is 10.1. The molecule has 0 spiro atoms. The van der Waals surface area contributed by atoms with Crippen molar-refractivity contribution in [3.63, 3.8) is 0 Å². The number of benzene rings is 2. The van der Waals surface area contributed by atoms with Gasteiger partial charge in [0.1, 0.15) is 12.4 Å². The van der Waals surface area contributed by atoms with Crippen molar-refractivity contribution in [3.8, 4) is 5.75 Å². The second-order valence-electron chi connectivity index (χ2n) is 11.4. The van der Waals surface area contributed by atoms with Gasteiger partial charge in [-0.25, -0.2) is 4.79 Å². The number of ether oxygens (including phenoxy) is 1. The van der Waals surface area contributed by atoms with Gasteiger partial charge in [-0.1, -0.05) is 18.2 Å². The number of para-hydroxylation sites is 1. The van der Waals surface area contributed by atoms with Crippen molar-refractivity contribution >= 4 is 53.1 Å². The minimum Gasteiger partial charge on any atom is -0.492 e. The van der Waals surface area contributed by atoms with E-state index in [4.69, 9.17) is 4.74 Å². The lowest BCUT2D eigenvalue weighted by Crippen LogP contribution is -2.55. The van der Waals surface area contributed by atoms with Gasteiger partial charge in [-0.3, -0.25) is 9.88 Å². The number of nitrogens with one attached hydrogen (secondary N) is 2. The Bertz CT molecular complexity index is 1380. The number of likely N-dealkylation sites (tertiary alicyclic amines) is 2. The van der Waals surface area contributed by atoms with Gasteiger partial charge in [0.25, 0.3) is 0 Å². The van der Waals surface area contributed by atoms with Crippen molar-refractivity contribution < 1.29 is 22.7 Å². The van der Waals surface area contributed by atoms with Crippen LogP contribution in [0, 0.1) is 6.92 Å². The van der Waals surface area contributed by atoms with Crippen LogP contribution in [0.15, 0.2) is 48.5 Å². The molecule has 2 fully saturated rings. The molecule has 3 heterocycles. The maximum atomic E-state index is 13.7. The Labute approximate surface area is 250 Å². The van der Waals surface area contributed by atoms with E-state index in [2.05, 4.69) is 20.5 Å². The smallest absolute Gasteiger partial charge is 0.416 e. The number of rotatable bonds is 6. The van der Waals surface area contributed by atoms with Gasteiger partial charge in [0.15, 0.2) is 0 Å². The summed E-state index contributed by atoms with van der Waals surface area (Å²) in [6, 6.07) is 13.3. The lowest BCUT2D eigenvalue weighted by molar-refractivity contribution is -0.137. The Morgan fingerprint density at radius 3 is 2.44 bits per heavy atom. The Balaban J connectivity index is 0.00000231. The number of pyridine rings is 1. The van der Waals surface area contributed by atoms with Crippen LogP contribution in [-0.2, 0) is 6.18 Å². The molecule has 2 saturated heterocycles. The Morgan fingerprint density at radius 2 is 1.78 bits per heavy atom. The van der Waals surface area contributed by atoms with E-state index in [0.29, 0.717) is 18.8 Å². The van der Waals surface area contributed by atoms with Gasteiger partial charge < -0.3 is 20.3 Å². The first kappa shape index (κ1) is 32.6. The van der Waals surface area contributed by atoms with E-state index in [-0.39, 0.29) is 66.5 Å². The summed E-state index contributed by atoms with van der Waals surface area (Å²) in [5, 5.41) is 6.99. The molecule has 2 N–H and O–H groups in total. The summed E-state index contributed by atoms with van der Waals surface area (Å²) in [5.74, 6) is 0.151. The topological polar surface area (TPSA) is 69.7 Å². The molecule has 0 radical (unpaired) electrons. The Hall–Kier alpha value is -2.95. The van der Waals surface area contributed by atoms with Gasteiger partial charge >= 0.3 is 12.2 Å². The third-order valence-corrected chi connectivity index (χ3v) is 7.10. The summed E-state index contributed by atoms with van der Waals surface area (Å²) in [4.78, 5) is 21.2. The number of hydrogen-bond donors (Lipinski definition) is 2. The molecular formula is C29H36Cl2F3N5O2. The van der Waals surface area contributed by atoms with Crippen LogP contribution >= 0.6 is 24.8 Å². The maximum Gasteiger partial charge on any atom is 0.416 e. The highest BCUT2D eigenvalue weighted by Gasteiger charge is 2.45. The second-order valence-corrected chi connectivity index (χ2v) is 11.4. The molecule has 2 atom stereocenters. The van der Waals surface area contributed by atoms with Crippen molar-refractivity contribution in [1.29, 1.82) is 0 Å². The Kier molecular flexibility index (Phi) is 9.93. The molecule has 41 heavy (non-hydrogen) atoms. The van der Waals surface area contributed by atoms with Crippen LogP contribution in [0.4, 0.5) is 29.3 Å². The average molecular weight is 615 g/mol. The third-order valence-electron chi connectivity index (χ3n) is 7.10. The molecule has 2 bridgehead atoms. The van der Waals surface area contributed by atoms with E-state index in [1.165, 1.54) is 0 Å². The van der Waals surface area contributed by atoms with Gasteiger partial charge in [0.05, 0.1) is 11.1 Å². The molecule has 1 aromatic heterocycles. The highest BCUT2D eigenvalue weighted by Crippen LogP contribution is 2.36. The number of piperazine rings is 1. The van der Waals surface area contributed by atoms with Gasteiger partial charge in [0, 0.05) is 65.8 Å². The van der Waals surface area contributed by atoms with Crippen LogP contribution in [0.3, 0.4) is 0 Å². The van der Waals surface area contributed by atoms with Crippen LogP contribution < -0.4 is 15.4 Å². The molecule has 0 saturated carbocycles.